The number of ether oxygens (including phenoxy) is 1. The van der Waals surface area contributed by atoms with Gasteiger partial charge in [-0.05, 0) is 56.4 Å². The summed E-state index contributed by atoms with van der Waals surface area (Å²) < 4.78 is 5.75. The number of hydrogen-bond donors (Lipinski definition) is 1. The molecule has 2 rings (SSSR count). The number of nitrogens with one attached hydrogen (secondary N) is 1. The lowest BCUT2D eigenvalue weighted by Crippen LogP contribution is -2.39. The van der Waals surface area contributed by atoms with Crippen LogP contribution in [0.2, 0.25) is 0 Å². The van der Waals surface area contributed by atoms with Crippen molar-refractivity contribution >= 4 is 6.03 Å². The van der Waals surface area contributed by atoms with Crippen LogP contribution in [0.3, 0.4) is 0 Å². The number of nitrogens with zero attached hydrogens (tertiary/aromatic N) is 1. The minimum atomic E-state index is 0.0305. The highest BCUT2D eigenvalue weighted by Crippen LogP contribution is 2.22. The van der Waals surface area contributed by atoms with Gasteiger partial charge < -0.3 is 15.0 Å². The molecular weight excluding hydrogens is 252 g/mol. The first kappa shape index (κ1) is 14.7. The van der Waals surface area contributed by atoms with E-state index in [0.29, 0.717) is 13.2 Å². The molecule has 0 atom stereocenters. The van der Waals surface area contributed by atoms with Crippen LogP contribution in [0.25, 0.3) is 0 Å². The fraction of sp³-hybridized carbons (Fsp3) is 0.562. The van der Waals surface area contributed by atoms with Crippen molar-refractivity contribution in [3.05, 3.63) is 28.8 Å². The Bertz CT molecular complexity index is 480. The Kier molecular flexibility index (Phi) is 4.88. The second kappa shape index (κ2) is 6.64. The summed E-state index contributed by atoms with van der Waals surface area (Å²) in [6.07, 6.45) is 2.23. The van der Waals surface area contributed by atoms with Gasteiger partial charge in [0, 0.05) is 13.1 Å². The van der Waals surface area contributed by atoms with Crippen LogP contribution in [0.4, 0.5) is 4.79 Å². The molecule has 2 amide bonds. The first-order chi connectivity index (χ1) is 9.58. The highest BCUT2D eigenvalue weighted by atomic mass is 16.5. The van der Waals surface area contributed by atoms with Crippen LogP contribution in [0.1, 0.15) is 29.5 Å². The molecule has 0 radical (unpaired) electrons. The fourth-order valence-corrected chi connectivity index (χ4v) is 2.44. The topological polar surface area (TPSA) is 41.6 Å². The summed E-state index contributed by atoms with van der Waals surface area (Å²) in [6, 6.07) is 4.23. The lowest BCUT2D eigenvalue weighted by molar-refractivity contribution is 0.205. The van der Waals surface area contributed by atoms with Gasteiger partial charge in [-0.1, -0.05) is 6.07 Å². The van der Waals surface area contributed by atoms with E-state index < -0.39 is 0 Å². The number of likely N-dealkylation sites (tertiary alicyclic amines) is 1. The summed E-state index contributed by atoms with van der Waals surface area (Å²) in [5, 5.41) is 2.90. The smallest absolute Gasteiger partial charge is 0.317 e. The van der Waals surface area contributed by atoms with Gasteiger partial charge in [-0.2, -0.15) is 0 Å². The van der Waals surface area contributed by atoms with Crippen LogP contribution in [0.5, 0.6) is 5.75 Å². The molecule has 1 aliphatic heterocycles. The van der Waals surface area contributed by atoms with Gasteiger partial charge in [0.15, 0.2) is 0 Å². The summed E-state index contributed by atoms with van der Waals surface area (Å²) >= 11 is 0. The average Bonchev–Trinajstić information content (AvgIpc) is 2.94. The Morgan fingerprint density at radius 2 is 1.80 bits per heavy atom. The van der Waals surface area contributed by atoms with E-state index in [1.54, 1.807) is 0 Å². The zero-order valence-electron chi connectivity index (χ0n) is 12.7. The van der Waals surface area contributed by atoms with Crippen LogP contribution in [-0.2, 0) is 0 Å². The molecule has 1 aliphatic rings. The van der Waals surface area contributed by atoms with E-state index in [1.807, 2.05) is 11.8 Å². The molecule has 1 N–H and O–H groups in total. The van der Waals surface area contributed by atoms with Gasteiger partial charge in [-0.15, -0.1) is 0 Å². The van der Waals surface area contributed by atoms with Crippen LogP contribution in [-0.4, -0.2) is 37.2 Å². The molecular formula is C16H24N2O2. The zero-order chi connectivity index (χ0) is 14.5. The summed E-state index contributed by atoms with van der Waals surface area (Å²) in [7, 11) is 0. The Morgan fingerprint density at radius 3 is 2.50 bits per heavy atom. The predicted molar refractivity (Wildman–Crippen MR) is 80.4 cm³/mol. The van der Waals surface area contributed by atoms with Gasteiger partial charge in [0.2, 0.25) is 0 Å². The quantitative estimate of drug-likeness (QED) is 0.859. The molecule has 0 spiro atoms. The van der Waals surface area contributed by atoms with E-state index in [4.69, 9.17) is 4.74 Å². The zero-order valence-corrected chi connectivity index (χ0v) is 12.7. The van der Waals surface area contributed by atoms with Crippen molar-refractivity contribution < 1.29 is 9.53 Å². The number of benzene rings is 1. The number of urea groups is 1. The van der Waals surface area contributed by atoms with Crippen molar-refractivity contribution in [3.63, 3.8) is 0 Å². The third-order valence-corrected chi connectivity index (χ3v) is 3.82. The number of carbonyl (C=O) groups is 1. The summed E-state index contributed by atoms with van der Waals surface area (Å²) in [5.41, 5.74) is 3.64. The van der Waals surface area contributed by atoms with Crippen molar-refractivity contribution in [3.8, 4) is 5.75 Å². The summed E-state index contributed by atoms with van der Waals surface area (Å²) in [5.74, 6) is 0.906. The van der Waals surface area contributed by atoms with Crippen LogP contribution < -0.4 is 10.1 Å². The summed E-state index contributed by atoms with van der Waals surface area (Å²) in [6.45, 7) is 9.03. The highest BCUT2D eigenvalue weighted by Gasteiger charge is 2.16. The maximum Gasteiger partial charge on any atom is 0.317 e. The number of rotatable bonds is 4. The number of aryl methyl sites for hydroxylation is 3. The van der Waals surface area contributed by atoms with Gasteiger partial charge in [0.1, 0.15) is 12.4 Å². The molecule has 1 saturated heterocycles. The minimum absolute atomic E-state index is 0.0305. The molecule has 0 unspecified atom stereocenters. The maximum atomic E-state index is 11.8. The van der Waals surface area contributed by atoms with Crippen molar-refractivity contribution in [2.24, 2.45) is 0 Å². The molecule has 0 bridgehead atoms. The van der Waals surface area contributed by atoms with E-state index in [2.05, 4.69) is 31.3 Å². The first-order valence-corrected chi connectivity index (χ1v) is 7.31. The second-order valence-corrected chi connectivity index (χ2v) is 5.48. The van der Waals surface area contributed by atoms with Gasteiger partial charge >= 0.3 is 6.03 Å². The van der Waals surface area contributed by atoms with Crippen LogP contribution in [0, 0.1) is 20.8 Å². The van der Waals surface area contributed by atoms with Gasteiger partial charge in [-0.25, -0.2) is 4.79 Å². The fourth-order valence-electron chi connectivity index (χ4n) is 2.44. The third-order valence-electron chi connectivity index (χ3n) is 3.82. The molecule has 1 aromatic carbocycles. The molecule has 20 heavy (non-hydrogen) atoms. The molecule has 110 valence electrons. The van der Waals surface area contributed by atoms with Crippen molar-refractivity contribution in [1.29, 1.82) is 0 Å². The van der Waals surface area contributed by atoms with Gasteiger partial charge in [-0.3, -0.25) is 0 Å². The van der Waals surface area contributed by atoms with Gasteiger partial charge in [0.05, 0.1) is 6.54 Å². The standard InChI is InChI=1S/C16H24N2O2/c1-12-10-14(3)15(11-13(12)2)20-9-6-17-16(19)18-7-4-5-8-18/h10-11H,4-9H2,1-3H3,(H,17,19). The van der Waals surface area contributed by atoms with E-state index in [-0.39, 0.29) is 6.03 Å². The number of carbonyl (C=O) groups excluding carboxylic acids is 1. The van der Waals surface area contributed by atoms with Crippen LogP contribution >= 0.6 is 0 Å². The van der Waals surface area contributed by atoms with Crippen molar-refractivity contribution in [2.45, 2.75) is 33.6 Å². The number of hydrogen-bond acceptors (Lipinski definition) is 2. The Balaban J connectivity index is 1.75. The largest absolute Gasteiger partial charge is 0.491 e. The molecule has 1 heterocycles. The molecule has 4 heteroatoms. The third kappa shape index (κ3) is 3.65. The van der Waals surface area contributed by atoms with E-state index >= 15 is 0 Å². The molecule has 4 nitrogen and oxygen atoms in total. The second-order valence-electron chi connectivity index (χ2n) is 5.48. The Hall–Kier alpha value is -1.71. The molecule has 0 aliphatic carbocycles. The van der Waals surface area contributed by atoms with Crippen LogP contribution in [0.15, 0.2) is 12.1 Å². The predicted octanol–water partition coefficient (Wildman–Crippen LogP) is 2.80. The van der Waals surface area contributed by atoms with E-state index in [1.165, 1.54) is 11.1 Å². The van der Waals surface area contributed by atoms with Gasteiger partial charge in [0.25, 0.3) is 0 Å². The molecule has 1 aromatic rings. The molecule has 0 saturated carbocycles. The molecule has 0 aromatic heterocycles. The van der Waals surface area contributed by atoms with E-state index in [9.17, 15) is 4.79 Å². The normalized spacial score (nSPS) is 14.4. The lowest BCUT2D eigenvalue weighted by Gasteiger charge is -2.17. The van der Waals surface area contributed by atoms with E-state index in [0.717, 1.165) is 37.2 Å². The molecule has 1 fully saturated rings. The lowest BCUT2D eigenvalue weighted by atomic mass is 10.1. The monoisotopic (exact) mass is 276 g/mol. The Labute approximate surface area is 121 Å². The highest BCUT2D eigenvalue weighted by molar-refractivity contribution is 5.74. The summed E-state index contributed by atoms with van der Waals surface area (Å²) in [4.78, 5) is 13.6. The first-order valence-electron chi connectivity index (χ1n) is 7.31. The number of amides is 2. The van der Waals surface area contributed by atoms with Crippen molar-refractivity contribution in [1.82, 2.24) is 10.2 Å². The minimum Gasteiger partial charge on any atom is -0.491 e. The Morgan fingerprint density at radius 1 is 1.15 bits per heavy atom. The SMILES string of the molecule is Cc1cc(C)c(OCCNC(=O)N2CCCC2)cc1C. The maximum absolute atomic E-state index is 11.8. The average molecular weight is 276 g/mol. The van der Waals surface area contributed by atoms with Crippen molar-refractivity contribution in [2.75, 3.05) is 26.2 Å².